The molecule has 0 saturated carbocycles. The van der Waals surface area contributed by atoms with Crippen LogP contribution in [0, 0.1) is 0 Å². The van der Waals surface area contributed by atoms with Gasteiger partial charge < -0.3 is 5.73 Å². The van der Waals surface area contributed by atoms with Crippen LogP contribution in [0.1, 0.15) is 5.69 Å². The molecule has 0 aliphatic carbocycles. The number of nitrogens with zero attached hydrogens (tertiary/aromatic N) is 1. The molecule has 0 spiro atoms. The number of hydrogen-bond acceptors (Lipinski definition) is 4. The van der Waals surface area contributed by atoms with E-state index in [1.165, 1.54) is 6.26 Å². The van der Waals surface area contributed by atoms with Gasteiger partial charge in [0.25, 0.3) is 0 Å². The summed E-state index contributed by atoms with van der Waals surface area (Å²) in [4.78, 5) is 0.305. The van der Waals surface area contributed by atoms with Crippen molar-refractivity contribution in [3.63, 3.8) is 0 Å². The first-order valence-electron chi connectivity index (χ1n) is 5.05. The van der Waals surface area contributed by atoms with Gasteiger partial charge in [0, 0.05) is 18.4 Å². The molecular formula is C11H13N3O2S. The van der Waals surface area contributed by atoms with Crippen molar-refractivity contribution < 1.29 is 8.42 Å². The lowest BCUT2D eigenvalue weighted by Gasteiger charge is -2.02. The van der Waals surface area contributed by atoms with Crippen LogP contribution in [0.25, 0.3) is 11.1 Å². The first-order valence-corrected chi connectivity index (χ1v) is 6.94. The number of benzene rings is 1. The van der Waals surface area contributed by atoms with Crippen LogP contribution in [0.4, 0.5) is 0 Å². The van der Waals surface area contributed by atoms with Crippen LogP contribution in [0.5, 0.6) is 0 Å². The number of rotatable bonds is 3. The van der Waals surface area contributed by atoms with Gasteiger partial charge in [-0.3, -0.25) is 5.10 Å². The van der Waals surface area contributed by atoms with E-state index in [1.54, 1.807) is 30.5 Å². The summed E-state index contributed by atoms with van der Waals surface area (Å²) >= 11 is 0. The van der Waals surface area contributed by atoms with Gasteiger partial charge in [0.2, 0.25) is 0 Å². The van der Waals surface area contributed by atoms with Gasteiger partial charge in [-0.1, -0.05) is 12.1 Å². The Hall–Kier alpha value is -1.66. The van der Waals surface area contributed by atoms with Crippen molar-refractivity contribution in [2.75, 3.05) is 6.26 Å². The van der Waals surface area contributed by atoms with Crippen molar-refractivity contribution in [1.82, 2.24) is 10.2 Å². The maximum absolute atomic E-state index is 11.3. The van der Waals surface area contributed by atoms with Crippen LogP contribution in [0.15, 0.2) is 35.4 Å². The zero-order valence-corrected chi connectivity index (χ0v) is 10.2. The van der Waals surface area contributed by atoms with Crippen LogP contribution in [0.2, 0.25) is 0 Å². The lowest BCUT2D eigenvalue weighted by molar-refractivity contribution is 0.602. The third-order valence-corrected chi connectivity index (χ3v) is 3.64. The smallest absolute Gasteiger partial charge is 0.175 e. The zero-order valence-electron chi connectivity index (χ0n) is 9.34. The molecule has 0 bridgehead atoms. The third-order valence-electron chi connectivity index (χ3n) is 2.52. The van der Waals surface area contributed by atoms with Crippen molar-refractivity contribution in [3.8, 4) is 11.1 Å². The molecule has 3 N–H and O–H groups in total. The maximum Gasteiger partial charge on any atom is 0.175 e. The van der Waals surface area contributed by atoms with Gasteiger partial charge in [0.15, 0.2) is 9.84 Å². The van der Waals surface area contributed by atoms with E-state index >= 15 is 0 Å². The molecule has 5 nitrogen and oxygen atoms in total. The van der Waals surface area contributed by atoms with Crippen LogP contribution in [-0.2, 0) is 16.4 Å². The van der Waals surface area contributed by atoms with E-state index in [9.17, 15) is 8.42 Å². The average molecular weight is 251 g/mol. The summed E-state index contributed by atoms with van der Waals surface area (Å²) in [5.41, 5.74) is 8.19. The number of H-pyrrole nitrogens is 1. The molecule has 1 aromatic heterocycles. The van der Waals surface area contributed by atoms with Crippen LogP contribution < -0.4 is 5.73 Å². The Balaban J connectivity index is 2.43. The average Bonchev–Trinajstić information content (AvgIpc) is 2.76. The second-order valence-corrected chi connectivity index (χ2v) is 5.78. The number of nitrogens with two attached hydrogens (primary N) is 1. The van der Waals surface area contributed by atoms with Gasteiger partial charge in [0.1, 0.15) is 0 Å². The molecule has 2 aromatic rings. The van der Waals surface area contributed by atoms with Crippen molar-refractivity contribution >= 4 is 9.84 Å². The van der Waals surface area contributed by atoms with Crippen molar-refractivity contribution in [2.24, 2.45) is 5.73 Å². The molecule has 0 unspecified atom stereocenters. The summed E-state index contributed by atoms with van der Waals surface area (Å²) in [5, 5.41) is 6.72. The molecule has 17 heavy (non-hydrogen) atoms. The molecule has 0 atom stereocenters. The minimum atomic E-state index is -3.15. The first-order chi connectivity index (χ1) is 8.02. The van der Waals surface area contributed by atoms with Crippen molar-refractivity contribution in [3.05, 3.63) is 36.2 Å². The number of aromatic amines is 1. The number of nitrogens with one attached hydrogen (secondary N) is 1. The fourth-order valence-electron chi connectivity index (χ4n) is 1.60. The Bertz CT molecular complexity index is 614. The molecule has 0 fully saturated rings. The topological polar surface area (TPSA) is 88.8 Å². The monoisotopic (exact) mass is 251 g/mol. The fourth-order valence-corrected chi connectivity index (χ4v) is 2.23. The molecule has 1 aromatic carbocycles. The summed E-state index contributed by atoms with van der Waals surface area (Å²) in [6.07, 6.45) is 2.86. The second-order valence-electron chi connectivity index (χ2n) is 3.76. The highest BCUT2D eigenvalue weighted by molar-refractivity contribution is 7.90. The molecule has 0 radical (unpaired) electrons. The minimum absolute atomic E-state index is 0.305. The molecule has 0 amide bonds. The third kappa shape index (κ3) is 2.37. The molecular weight excluding hydrogens is 238 g/mol. The highest BCUT2D eigenvalue weighted by Gasteiger charge is 2.09. The van der Waals surface area contributed by atoms with Gasteiger partial charge in [0.05, 0.1) is 16.8 Å². The van der Waals surface area contributed by atoms with Gasteiger partial charge >= 0.3 is 0 Å². The quantitative estimate of drug-likeness (QED) is 0.849. The highest BCUT2D eigenvalue weighted by atomic mass is 32.2. The molecule has 90 valence electrons. The number of hydrogen-bond donors (Lipinski definition) is 2. The Morgan fingerprint density at radius 2 is 1.94 bits per heavy atom. The van der Waals surface area contributed by atoms with Gasteiger partial charge in [-0.15, -0.1) is 0 Å². The number of sulfone groups is 1. The standard InChI is InChI=1S/C11H13N3O2S/c1-17(15,16)9-4-2-8(3-5-9)10-7-13-14-11(10)6-12/h2-5,7H,6,12H2,1H3,(H,13,14). The fraction of sp³-hybridized carbons (Fsp3) is 0.182. The van der Waals surface area contributed by atoms with Crippen molar-refractivity contribution in [1.29, 1.82) is 0 Å². The lowest BCUT2D eigenvalue weighted by Crippen LogP contribution is -1.99. The van der Waals surface area contributed by atoms with Gasteiger partial charge in [-0.05, 0) is 17.7 Å². The Morgan fingerprint density at radius 3 is 2.47 bits per heavy atom. The van der Waals surface area contributed by atoms with E-state index < -0.39 is 9.84 Å². The van der Waals surface area contributed by atoms with E-state index in [0.717, 1.165) is 16.8 Å². The zero-order chi connectivity index (χ0) is 12.5. The van der Waals surface area contributed by atoms with Gasteiger partial charge in [-0.25, -0.2) is 8.42 Å². The molecule has 0 aliphatic heterocycles. The summed E-state index contributed by atoms with van der Waals surface area (Å²) < 4.78 is 22.6. The molecule has 2 rings (SSSR count). The molecule has 0 aliphatic rings. The molecule has 1 heterocycles. The van der Waals surface area contributed by atoms with Crippen LogP contribution in [0.3, 0.4) is 0 Å². The molecule has 0 saturated heterocycles. The lowest BCUT2D eigenvalue weighted by atomic mass is 10.1. The predicted octanol–water partition coefficient (Wildman–Crippen LogP) is 0.939. The second kappa shape index (κ2) is 4.31. The summed E-state index contributed by atoms with van der Waals surface area (Å²) in [7, 11) is -3.15. The van der Waals surface area contributed by atoms with Crippen molar-refractivity contribution in [2.45, 2.75) is 11.4 Å². The van der Waals surface area contributed by atoms with Crippen LogP contribution in [-0.4, -0.2) is 24.9 Å². The normalized spacial score (nSPS) is 11.6. The highest BCUT2D eigenvalue weighted by Crippen LogP contribution is 2.23. The molecule has 6 heteroatoms. The van der Waals surface area contributed by atoms with E-state index in [-0.39, 0.29) is 0 Å². The number of aromatic nitrogens is 2. The predicted molar refractivity (Wildman–Crippen MR) is 65.0 cm³/mol. The summed E-state index contributed by atoms with van der Waals surface area (Å²) in [5.74, 6) is 0. The van der Waals surface area contributed by atoms with E-state index in [4.69, 9.17) is 5.73 Å². The SMILES string of the molecule is CS(=O)(=O)c1ccc(-c2cn[nH]c2CN)cc1. The largest absolute Gasteiger partial charge is 0.325 e. The Kier molecular flexibility index (Phi) is 2.99. The Morgan fingerprint density at radius 1 is 1.29 bits per heavy atom. The minimum Gasteiger partial charge on any atom is -0.325 e. The van der Waals surface area contributed by atoms with Gasteiger partial charge in [-0.2, -0.15) is 5.10 Å². The Labute approximate surface area is 99.6 Å². The van der Waals surface area contributed by atoms with E-state index in [2.05, 4.69) is 10.2 Å². The van der Waals surface area contributed by atoms with E-state index in [0.29, 0.717) is 11.4 Å². The van der Waals surface area contributed by atoms with Crippen LogP contribution >= 0.6 is 0 Å². The first kappa shape index (κ1) is 11.8. The summed E-state index contributed by atoms with van der Waals surface area (Å²) in [6, 6.07) is 6.66. The maximum atomic E-state index is 11.3. The summed E-state index contributed by atoms with van der Waals surface area (Å²) in [6.45, 7) is 0.364. The van der Waals surface area contributed by atoms with E-state index in [1.807, 2.05) is 0 Å².